The van der Waals surface area contributed by atoms with E-state index in [1.165, 1.54) is 18.0 Å². The second kappa shape index (κ2) is 7.48. The average molecular weight is 363 g/mol. The Balaban J connectivity index is 1.73. The van der Waals surface area contributed by atoms with Gasteiger partial charge in [-0.3, -0.25) is 4.79 Å². The maximum atomic E-state index is 13.7. The standard InChI is InChI=1S/C18H12F3NO2S/c19-13-6-7-14(16(21)15(13)20)22-18(23)17-11(8-9-24-17)10-25-12-4-2-1-3-5-12/h1-9H,10H2,(H,22,23). The number of hydrogen-bond acceptors (Lipinski definition) is 3. The summed E-state index contributed by atoms with van der Waals surface area (Å²) >= 11 is 1.50. The number of amides is 1. The normalized spacial score (nSPS) is 10.7. The number of anilines is 1. The molecule has 7 heteroatoms. The van der Waals surface area contributed by atoms with Gasteiger partial charge in [0.15, 0.2) is 23.2 Å². The van der Waals surface area contributed by atoms with E-state index in [4.69, 9.17) is 4.42 Å². The molecule has 0 unspecified atom stereocenters. The third-order valence-corrected chi connectivity index (χ3v) is 4.43. The van der Waals surface area contributed by atoms with E-state index in [1.54, 1.807) is 6.07 Å². The minimum absolute atomic E-state index is 0.00688. The molecule has 0 atom stereocenters. The van der Waals surface area contributed by atoms with Gasteiger partial charge in [0.25, 0.3) is 5.91 Å². The van der Waals surface area contributed by atoms with Gasteiger partial charge < -0.3 is 9.73 Å². The highest BCUT2D eigenvalue weighted by Crippen LogP contribution is 2.26. The molecule has 3 rings (SSSR count). The van der Waals surface area contributed by atoms with Crippen molar-refractivity contribution < 1.29 is 22.4 Å². The Morgan fingerprint density at radius 3 is 2.52 bits per heavy atom. The molecule has 0 saturated carbocycles. The van der Waals surface area contributed by atoms with E-state index in [1.807, 2.05) is 30.3 Å². The van der Waals surface area contributed by atoms with Crippen LogP contribution >= 0.6 is 11.8 Å². The number of halogens is 3. The van der Waals surface area contributed by atoms with Crippen molar-refractivity contribution >= 4 is 23.4 Å². The number of nitrogens with one attached hydrogen (secondary N) is 1. The second-order valence-corrected chi connectivity index (χ2v) is 6.10. The van der Waals surface area contributed by atoms with E-state index >= 15 is 0 Å². The number of carbonyl (C=O) groups is 1. The molecule has 0 radical (unpaired) electrons. The monoisotopic (exact) mass is 363 g/mol. The van der Waals surface area contributed by atoms with E-state index in [0.717, 1.165) is 17.0 Å². The maximum absolute atomic E-state index is 13.7. The molecular formula is C18H12F3NO2S. The molecule has 0 fully saturated rings. The molecule has 0 aliphatic carbocycles. The zero-order valence-corrected chi connectivity index (χ0v) is 13.6. The van der Waals surface area contributed by atoms with Crippen molar-refractivity contribution in [2.45, 2.75) is 10.6 Å². The van der Waals surface area contributed by atoms with Gasteiger partial charge in [0.2, 0.25) is 0 Å². The smallest absolute Gasteiger partial charge is 0.291 e. The van der Waals surface area contributed by atoms with Gasteiger partial charge in [-0.15, -0.1) is 11.8 Å². The van der Waals surface area contributed by atoms with Gasteiger partial charge in [-0.05, 0) is 30.3 Å². The first-order valence-electron chi connectivity index (χ1n) is 7.25. The molecule has 1 heterocycles. The Morgan fingerprint density at radius 1 is 1.00 bits per heavy atom. The van der Waals surface area contributed by atoms with Crippen molar-refractivity contribution in [2.24, 2.45) is 0 Å². The lowest BCUT2D eigenvalue weighted by Gasteiger charge is -2.07. The summed E-state index contributed by atoms with van der Waals surface area (Å²) in [7, 11) is 0. The Kier molecular flexibility index (Phi) is 5.14. The first-order valence-corrected chi connectivity index (χ1v) is 8.24. The number of rotatable bonds is 5. The zero-order chi connectivity index (χ0) is 17.8. The van der Waals surface area contributed by atoms with Crippen molar-refractivity contribution in [1.82, 2.24) is 0 Å². The van der Waals surface area contributed by atoms with Gasteiger partial charge in [-0.2, -0.15) is 0 Å². The molecule has 1 aromatic heterocycles. The molecule has 3 aromatic rings. The van der Waals surface area contributed by atoms with Gasteiger partial charge in [-0.25, -0.2) is 13.2 Å². The fourth-order valence-corrected chi connectivity index (χ4v) is 3.03. The summed E-state index contributed by atoms with van der Waals surface area (Å²) in [6, 6.07) is 12.9. The van der Waals surface area contributed by atoms with Gasteiger partial charge in [0.05, 0.1) is 12.0 Å². The summed E-state index contributed by atoms with van der Waals surface area (Å²) < 4.78 is 45.0. The number of furan rings is 1. The van der Waals surface area contributed by atoms with Gasteiger partial charge >= 0.3 is 0 Å². The largest absolute Gasteiger partial charge is 0.459 e. The summed E-state index contributed by atoms with van der Waals surface area (Å²) in [5.74, 6) is -4.71. The van der Waals surface area contributed by atoms with Crippen LogP contribution in [0.25, 0.3) is 0 Å². The topological polar surface area (TPSA) is 42.2 Å². The summed E-state index contributed by atoms with van der Waals surface area (Å²) in [6.07, 6.45) is 1.34. The number of carbonyl (C=O) groups excluding carboxylic acids is 1. The molecule has 128 valence electrons. The lowest BCUT2D eigenvalue weighted by Crippen LogP contribution is -2.14. The number of hydrogen-bond donors (Lipinski definition) is 1. The fraction of sp³-hybridized carbons (Fsp3) is 0.0556. The summed E-state index contributed by atoms with van der Waals surface area (Å²) in [5, 5.41) is 2.20. The Morgan fingerprint density at radius 2 is 1.76 bits per heavy atom. The Hall–Kier alpha value is -2.67. The highest BCUT2D eigenvalue weighted by Gasteiger charge is 2.20. The third-order valence-electron chi connectivity index (χ3n) is 3.37. The molecule has 0 bridgehead atoms. The molecule has 1 amide bonds. The van der Waals surface area contributed by atoms with E-state index in [-0.39, 0.29) is 5.76 Å². The Bertz CT molecular complexity index is 897. The third kappa shape index (κ3) is 3.88. The molecular weight excluding hydrogens is 351 g/mol. The number of thioether (sulfide) groups is 1. The maximum Gasteiger partial charge on any atom is 0.291 e. The first-order chi connectivity index (χ1) is 12.1. The minimum atomic E-state index is -1.64. The van der Waals surface area contributed by atoms with Crippen LogP contribution in [-0.4, -0.2) is 5.91 Å². The molecule has 2 aromatic carbocycles. The van der Waals surface area contributed by atoms with Crippen LogP contribution in [0.5, 0.6) is 0 Å². The lowest BCUT2D eigenvalue weighted by atomic mass is 10.2. The van der Waals surface area contributed by atoms with Crippen LogP contribution in [0, 0.1) is 17.5 Å². The molecule has 3 nitrogen and oxygen atoms in total. The highest BCUT2D eigenvalue weighted by atomic mass is 32.2. The zero-order valence-electron chi connectivity index (χ0n) is 12.8. The van der Waals surface area contributed by atoms with E-state index < -0.39 is 29.0 Å². The molecule has 0 aliphatic heterocycles. The van der Waals surface area contributed by atoms with Crippen molar-refractivity contribution in [3.63, 3.8) is 0 Å². The predicted octanol–water partition coefficient (Wildman–Crippen LogP) is 5.24. The van der Waals surface area contributed by atoms with Crippen molar-refractivity contribution in [1.29, 1.82) is 0 Å². The summed E-state index contributed by atoms with van der Waals surface area (Å²) in [6.45, 7) is 0. The Labute approximate surface area is 145 Å². The highest BCUT2D eigenvalue weighted by molar-refractivity contribution is 7.98. The molecule has 25 heavy (non-hydrogen) atoms. The van der Waals surface area contributed by atoms with E-state index in [9.17, 15) is 18.0 Å². The lowest BCUT2D eigenvalue weighted by molar-refractivity contribution is 0.0995. The molecule has 0 aliphatic rings. The van der Waals surface area contributed by atoms with Crippen molar-refractivity contribution in [2.75, 3.05) is 5.32 Å². The van der Waals surface area contributed by atoms with Crippen LogP contribution < -0.4 is 5.32 Å². The summed E-state index contributed by atoms with van der Waals surface area (Å²) in [5.41, 5.74) is 0.149. The van der Waals surface area contributed by atoms with Crippen LogP contribution in [0.2, 0.25) is 0 Å². The van der Waals surface area contributed by atoms with Gasteiger partial charge in [0.1, 0.15) is 0 Å². The van der Waals surface area contributed by atoms with E-state index in [2.05, 4.69) is 5.32 Å². The van der Waals surface area contributed by atoms with E-state index in [0.29, 0.717) is 11.3 Å². The average Bonchev–Trinajstić information content (AvgIpc) is 3.10. The first kappa shape index (κ1) is 17.2. The predicted molar refractivity (Wildman–Crippen MR) is 89.0 cm³/mol. The van der Waals surface area contributed by atoms with Crippen LogP contribution in [0.1, 0.15) is 16.1 Å². The molecule has 1 N–H and O–H groups in total. The molecule has 0 saturated heterocycles. The second-order valence-electron chi connectivity index (χ2n) is 5.05. The molecule has 0 spiro atoms. The van der Waals surface area contributed by atoms with Crippen LogP contribution in [0.15, 0.2) is 64.1 Å². The summed E-state index contributed by atoms with van der Waals surface area (Å²) in [4.78, 5) is 13.3. The number of benzene rings is 2. The van der Waals surface area contributed by atoms with Gasteiger partial charge in [-0.1, -0.05) is 18.2 Å². The minimum Gasteiger partial charge on any atom is -0.459 e. The quantitative estimate of drug-likeness (QED) is 0.498. The van der Waals surface area contributed by atoms with Crippen LogP contribution in [0.3, 0.4) is 0 Å². The van der Waals surface area contributed by atoms with Crippen molar-refractivity contribution in [3.8, 4) is 0 Å². The fourth-order valence-electron chi connectivity index (χ4n) is 2.13. The van der Waals surface area contributed by atoms with Crippen LogP contribution in [0.4, 0.5) is 18.9 Å². The van der Waals surface area contributed by atoms with Crippen LogP contribution in [-0.2, 0) is 5.75 Å². The van der Waals surface area contributed by atoms with Crippen molar-refractivity contribution in [3.05, 3.63) is 83.6 Å². The SMILES string of the molecule is O=C(Nc1ccc(F)c(F)c1F)c1occc1CSc1ccccc1. The van der Waals surface area contributed by atoms with Gasteiger partial charge in [0, 0.05) is 16.2 Å².